The maximum absolute atomic E-state index is 13.4. The van der Waals surface area contributed by atoms with E-state index in [-0.39, 0.29) is 48.1 Å². The normalized spacial score (nSPS) is 21.0. The SMILES string of the molecule is C[C@H](CC1(c2nn(C)c(=O)[nH]2)c2ccc(C(=O)N(C)C)cc2CCc2cc(C(=O)N(C)C)ccc21)NCC(=O)N1[C@H](C#N)C[C@@H]2C[C@@H]21. The number of hydrogen-bond donors (Lipinski definition) is 2. The summed E-state index contributed by atoms with van der Waals surface area (Å²) in [4.78, 5) is 60.3. The van der Waals surface area contributed by atoms with Crippen molar-refractivity contribution in [3.63, 3.8) is 0 Å². The van der Waals surface area contributed by atoms with Crippen LogP contribution in [0.2, 0.25) is 0 Å². The van der Waals surface area contributed by atoms with Gasteiger partial charge in [0.2, 0.25) is 5.91 Å². The van der Waals surface area contributed by atoms with Crippen molar-refractivity contribution in [1.29, 1.82) is 5.26 Å². The Morgan fingerprint density at radius 1 is 1.02 bits per heavy atom. The lowest BCUT2D eigenvalue weighted by molar-refractivity contribution is -0.131. The first-order valence-corrected chi connectivity index (χ1v) is 16.1. The number of aromatic amines is 1. The van der Waals surface area contributed by atoms with Crippen LogP contribution < -0.4 is 11.0 Å². The standard InChI is InChI=1S/C35H42N8O4/c1-20(37-19-30(44)43-26(18-36)15-25-16-29(25)43)17-35(33-38-34(47)42(6)39-33)27-11-9-23(31(45)40(2)3)13-21(27)7-8-22-14-24(10-12-28(22)35)32(46)41(4)5/h9-14,20,25-26,29,37H,7-8,15-17,19H2,1-6H3,(H,38,39,47)/t20-,25-,26+,29+/m1/s1. The summed E-state index contributed by atoms with van der Waals surface area (Å²) in [6, 6.07) is 13.2. The zero-order valence-electron chi connectivity index (χ0n) is 27.8. The first kappa shape index (κ1) is 32.2. The fourth-order valence-corrected chi connectivity index (χ4v) is 7.61. The third kappa shape index (κ3) is 5.63. The van der Waals surface area contributed by atoms with Gasteiger partial charge in [0.05, 0.1) is 18.0 Å². The average molecular weight is 639 g/mol. The summed E-state index contributed by atoms with van der Waals surface area (Å²) in [5.41, 5.74) is 3.43. The van der Waals surface area contributed by atoms with Crippen molar-refractivity contribution in [3.8, 4) is 6.07 Å². The molecule has 12 heteroatoms. The van der Waals surface area contributed by atoms with Gasteiger partial charge in [-0.25, -0.2) is 9.48 Å². The van der Waals surface area contributed by atoms with Gasteiger partial charge in [0.1, 0.15) is 11.9 Å². The maximum Gasteiger partial charge on any atom is 0.343 e. The van der Waals surface area contributed by atoms with Gasteiger partial charge in [-0.1, -0.05) is 12.1 Å². The summed E-state index contributed by atoms with van der Waals surface area (Å²) in [6.07, 6.45) is 3.30. The third-order valence-corrected chi connectivity index (χ3v) is 10.0. The Balaban J connectivity index is 1.46. The lowest BCUT2D eigenvalue weighted by atomic mass is 9.67. The summed E-state index contributed by atoms with van der Waals surface area (Å²) < 4.78 is 1.28. The molecule has 1 aliphatic heterocycles. The number of aryl methyl sites for hydroxylation is 3. The number of hydrogen-bond acceptors (Lipinski definition) is 7. The molecule has 6 rings (SSSR count). The molecule has 1 saturated carbocycles. The number of fused-ring (bicyclic) bond motifs is 3. The molecule has 0 radical (unpaired) electrons. The number of carbonyl (C=O) groups excluding carboxylic acids is 3. The molecular formula is C35H42N8O4. The largest absolute Gasteiger partial charge is 0.345 e. The predicted molar refractivity (Wildman–Crippen MR) is 175 cm³/mol. The first-order chi connectivity index (χ1) is 22.3. The Morgan fingerprint density at radius 2 is 1.60 bits per heavy atom. The van der Waals surface area contributed by atoms with E-state index in [1.165, 1.54) is 4.68 Å². The Bertz CT molecular complexity index is 1780. The molecule has 3 amide bonds. The van der Waals surface area contributed by atoms with E-state index in [0.29, 0.717) is 42.1 Å². The molecule has 1 saturated heterocycles. The number of nitrogens with one attached hydrogen (secondary N) is 2. The summed E-state index contributed by atoms with van der Waals surface area (Å²) in [7, 11) is 8.47. The zero-order valence-corrected chi connectivity index (χ0v) is 27.8. The van der Waals surface area contributed by atoms with Gasteiger partial charge in [0, 0.05) is 58.4 Å². The van der Waals surface area contributed by atoms with Gasteiger partial charge >= 0.3 is 5.69 Å². The highest BCUT2D eigenvalue weighted by atomic mass is 16.2. The van der Waals surface area contributed by atoms with Gasteiger partial charge in [-0.3, -0.25) is 19.4 Å². The molecule has 2 aromatic carbocycles. The van der Waals surface area contributed by atoms with Crippen molar-refractivity contribution < 1.29 is 14.4 Å². The fraction of sp³-hybridized carbons (Fsp3) is 0.486. The lowest BCUT2D eigenvalue weighted by Crippen LogP contribution is -2.46. The van der Waals surface area contributed by atoms with Crippen molar-refractivity contribution >= 4 is 17.7 Å². The Kier molecular flexibility index (Phi) is 8.30. The number of H-pyrrole nitrogens is 1. The highest BCUT2D eigenvalue weighted by molar-refractivity contribution is 5.95. The summed E-state index contributed by atoms with van der Waals surface area (Å²) in [5.74, 6) is 0.549. The fourth-order valence-electron chi connectivity index (χ4n) is 7.61. The van der Waals surface area contributed by atoms with E-state index in [1.54, 1.807) is 49.9 Å². The van der Waals surface area contributed by atoms with E-state index >= 15 is 0 Å². The van der Waals surface area contributed by atoms with Crippen LogP contribution in [0, 0.1) is 17.2 Å². The minimum atomic E-state index is -0.999. The highest BCUT2D eigenvalue weighted by Gasteiger charge is 2.54. The molecule has 2 heterocycles. The molecule has 47 heavy (non-hydrogen) atoms. The van der Waals surface area contributed by atoms with Crippen LogP contribution in [0.3, 0.4) is 0 Å². The molecule has 0 bridgehead atoms. The number of carbonyl (C=O) groups is 3. The molecule has 3 aliphatic rings. The van der Waals surface area contributed by atoms with E-state index in [4.69, 9.17) is 5.10 Å². The summed E-state index contributed by atoms with van der Waals surface area (Å²) >= 11 is 0. The van der Waals surface area contributed by atoms with Crippen LogP contribution in [-0.2, 0) is 30.1 Å². The van der Waals surface area contributed by atoms with Crippen LogP contribution in [0.1, 0.15) is 75.0 Å². The molecule has 4 atom stereocenters. The van der Waals surface area contributed by atoms with Gasteiger partial charge in [0.25, 0.3) is 11.8 Å². The molecule has 2 fully saturated rings. The van der Waals surface area contributed by atoms with Gasteiger partial charge < -0.3 is 20.0 Å². The Hall–Kier alpha value is -4.76. The number of piperidine rings is 1. The van der Waals surface area contributed by atoms with Gasteiger partial charge in [-0.2, -0.15) is 10.4 Å². The third-order valence-electron chi connectivity index (χ3n) is 10.0. The van der Waals surface area contributed by atoms with Crippen molar-refractivity contribution in [2.24, 2.45) is 13.0 Å². The van der Waals surface area contributed by atoms with E-state index in [0.717, 1.165) is 35.1 Å². The average Bonchev–Trinajstić information content (AvgIpc) is 3.62. The molecule has 2 N–H and O–H groups in total. The Morgan fingerprint density at radius 3 is 2.09 bits per heavy atom. The van der Waals surface area contributed by atoms with Crippen LogP contribution in [0.25, 0.3) is 0 Å². The zero-order chi connectivity index (χ0) is 33.8. The summed E-state index contributed by atoms with van der Waals surface area (Å²) in [5, 5.41) is 17.8. The van der Waals surface area contributed by atoms with Crippen molar-refractivity contribution in [2.75, 3.05) is 34.7 Å². The molecule has 3 aromatic rings. The molecule has 0 unspecified atom stereocenters. The van der Waals surface area contributed by atoms with Crippen molar-refractivity contribution in [2.45, 2.75) is 62.6 Å². The number of amides is 3. The molecular weight excluding hydrogens is 596 g/mol. The molecule has 246 valence electrons. The van der Waals surface area contributed by atoms with E-state index in [2.05, 4.69) is 16.4 Å². The quantitative estimate of drug-likeness (QED) is 0.383. The number of benzene rings is 2. The van der Waals surface area contributed by atoms with Crippen molar-refractivity contribution in [3.05, 3.63) is 86.1 Å². The molecule has 2 aliphatic carbocycles. The first-order valence-electron chi connectivity index (χ1n) is 16.1. The maximum atomic E-state index is 13.4. The van der Waals surface area contributed by atoms with E-state index < -0.39 is 5.41 Å². The van der Waals surface area contributed by atoms with Gasteiger partial charge in [-0.05, 0) is 91.5 Å². The Labute approximate surface area is 274 Å². The number of nitrogens with zero attached hydrogens (tertiary/aromatic N) is 6. The number of rotatable bonds is 8. The molecule has 0 spiro atoms. The second-order valence-electron chi connectivity index (χ2n) is 13.7. The van der Waals surface area contributed by atoms with Crippen molar-refractivity contribution in [1.82, 2.24) is 34.8 Å². The van der Waals surface area contributed by atoms with Crippen LogP contribution in [0.4, 0.5) is 0 Å². The van der Waals surface area contributed by atoms with Gasteiger partial charge in [-0.15, -0.1) is 0 Å². The van der Waals surface area contributed by atoms with Crippen LogP contribution in [-0.4, -0.2) is 100 Å². The second kappa shape index (κ2) is 12.1. The predicted octanol–water partition coefficient (Wildman–Crippen LogP) is 1.83. The van der Waals surface area contributed by atoms with Crippen LogP contribution in [0.5, 0.6) is 0 Å². The lowest BCUT2D eigenvalue weighted by Gasteiger charge is -2.37. The number of aromatic nitrogens is 3. The topological polar surface area (TPSA) is 147 Å². The summed E-state index contributed by atoms with van der Waals surface area (Å²) in [6.45, 7) is 2.07. The minimum Gasteiger partial charge on any atom is -0.345 e. The van der Waals surface area contributed by atoms with Crippen LogP contribution >= 0.6 is 0 Å². The number of nitriles is 1. The monoisotopic (exact) mass is 638 g/mol. The minimum absolute atomic E-state index is 0.0731. The van der Waals surface area contributed by atoms with E-state index in [1.807, 2.05) is 43.3 Å². The molecule has 1 aromatic heterocycles. The van der Waals surface area contributed by atoms with E-state index in [9.17, 15) is 24.4 Å². The highest BCUT2D eigenvalue weighted by Crippen LogP contribution is 2.48. The van der Waals surface area contributed by atoms with Gasteiger partial charge in [0.15, 0.2) is 0 Å². The number of likely N-dealkylation sites (tertiary alicyclic amines) is 1. The van der Waals surface area contributed by atoms with Crippen LogP contribution in [0.15, 0.2) is 41.2 Å². The second-order valence-corrected chi connectivity index (χ2v) is 13.7. The smallest absolute Gasteiger partial charge is 0.343 e. The molecule has 12 nitrogen and oxygen atoms in total.